The van der Waals surface area contributed by atoms with Gasteiger partial charge in [0.1, 0.15) is 5.82 Å². The monoisotopic (exact) mass is 384 g/mol. The molecule has 0 aliphatic heterocycles. The second-order valence-corrected chi connectivity index (χ2v) is 8.10. The predicted molar refractivity (Wildman–Crippen MR) is 111 cm³/mol. The quantitative estimate of drug-likeness (QED) is 0.547. The largest absolute Gasteiger partial charge is 0.325 e. The summed E-state index contributed by atoms with van der Waals surface area (Å²) in [5.41, 5.74) is 3.14. The van der Waals surface area contributed by atoms with Gasteiger partial charge in [-0.2, -0.15) is 0 Å². The second kappa shape index (κ2) is 9.22. The highest BCUT2D eigenvalue weighted by Crippen LogP contribution is 2.33. The minimum atomic E-state index is -0.0268. The van der Waals surface area contributed by atoms with Crippen LogP contribution in [0.2, 0.25) is 0 Å². The molecule has 1 aromatic heterocycles. The number of hydrogen-bond acceptors (Lipinski definition) is 4. The molecule has 1 saturated carbocycles. The van der Waals surface area contributed by atoms with E-state index >= 15 is 0 Å². The van der Waals surface area contributed by atoms with Crippen LogP contribution in [0, 0.1) is 13.8 Å². The third-order valence-corrected chi connectivity index (χ3v) is 6.21. The molecule has 1 aromatic carbocycles. The molecular formula is C21H28N4OS. The van der Waals surface area contributed by atoms with Crippen molar-refractivity contribution in [2.45, 2.75) is 63.6 Å². The van der Waals surface area contributed by atoms with Crippen molar-refractivity contribution < 1.29 is 4.79 Å². The first kappa shape index (κ1) is 19.7. The van der Waals surface area contributed by atoms with Crippen LogP contribution in [-0.2, 0) is 11.3 Å². The van der Waals surface area contributed by atoms with E-state index < -0.39 is 0 Å². The zero-order valence-corrected chi connectivity index (χ0v) is 17.0. The number of carbonyl (C=O) groups excluding carboxylic acids is 1. The van der Waals surface area contributed by atoms with E-state index in [1.54, 1.807) is 0 Å². The number of thioether (sulfide) groups is 1. The minimum Gasteiger partial charge on any atom is -0.325 e. The first-order valence-electron chi connectivity index (χ1n) is 9.63. The van der Waals surface area contributed by atoms with Gasteiger partial charge in [-0.05, 0) is 43.9 Å². The molecule has 1 fully saturated rings. The second-order valence-electron chi connectivity index (χ2n) is 7.16. The van der Waals surface area contributed by atoms with Gasteiger partial charge in [-0.3, -0.25) is 4.79 Å². The number of amides is 1. The lowest BCUT2D eigenvalue weighted by Gasteiger charge is -2.21. The molecule has 6 heteroatoms. The highest BCUT2D eigenvalue weighted by Gasteiger charge is 2.23. The van der Waals surface area contributed by atoms with Crippen LogP contribution in [0.5, 0.6) is 0 Å². The van der Waals surface area contributed by atoms with Gasteiger partial charge in [-0.1, -0.05) is 49.2 Å². The Morgan fingerprint density at radius 1 is 1.30 bits per heavy atom. The van der Waals surface area contributed by atoms with Crippen molar-refractivity contribution in [3.63, 3.8) is 0 Å². The normalized spacial score (nSPS) is 14.9. The lowest BCUT2D eigenvalue weighted by atomic mass is 9.89. The van der Waals surface area contributed by atoms with Gasteiger partial charge in [0.25, 0.3) is 0 Å². The number of anilines is 1. The average molecular weight is 385 g/mol. The molecular weight excluding hydrogens is 356 g/mol. The van der Waals surface area contributed by atoms with Gasteiger partial charge in [0.05, 0.1) is 5.75 Å². The van der Waals surface area contributed by atoms with Gasteiger partial charge in [-0.15, -0.1) is 16.8 Å². The number of rotatable bonds is 7. The van der Waals surface area contributed by atoms with Crippen LogP contribution in [0.15, 0.2) is 36.0 Å². The number of nitrogens with zero attached hydrogens (tertiary/aromatic N) is 3. The Labute approximate surface area is 165 Å². The SMILES string of the molecule is C=CCn1c(SCC(=O)Nc2cccc(C)c2C)nnc1C1CCCCC1. The summed E-state index contributed by atoms with van der Waals surface area (Å²) >= 11 is 1.44. The van der Waals surface area contributed by atoms with Crippen molar-refractivity contribution in [1.29, 1.82) is 0 Å². The van der Waals surface area contributed by atoms with Crippen LogP contribution in [-0.4, -0.2) is 26.4 Å². The highest BCUT2D eigenvalue weighted by molar-refractivity contribution is 7.99. The van der Waals surface area contributed by atoms with Gasteiger partial charge >= 0.3 is 0 Å². The maximum atomic E-state index is 12.4. The van der Waals surface area contributed by atoms with Crippen molar-refractivity contribution in [2.75, 3.05) is 11.1 Å². The summed E-state index contributed by atoms with van der Waals surface area (Å²) in [5.74, 6) is 1.81. The van der Waals surface area contributed by atoms with Crippen molar-refractivity contribution in [3.8, 4) is 0 Å². The Morgan fingerprint density at radius 2 is 2.07 bits per heavy atom. The first-order valence-corrected chi connectivity index (χ1v) is 10.6. The summed E-state index contributed by atoms with van der Waals surface area (Å²) in [6.45, 7) is 8.62. The van der Waals surface area contributed by atoms with Crippen LogP contribution in [0.4, 0.5) is 5.69 Å². The summed E-state index contributed by atoms with van der Waals surface area (Å²) in [4.78, 5) is 12.4. The summed E-state index contributed by atoms with van der Waals surface area (Å²) in [6.07, 6.45) is 8.04. The Morgan fingerprint density at radius 3 is 2.81 bits per heavy atom. The van der Waals surface area contributed by atoms with E-state index in [0.29, 0.717) is 18.2 Å². The maximum Gasteiger partial charge on any atom is 0.234 e. The van der Waals surface area contributed by atoms with Gasteiger partial charge in [0.2, 0.25) is 5.91 Å². The maximum absolute atomic E-state index is 12.4. The Balaban J connectivity index is 1.66. The fourth-order valence-electron chi connectivity index (χ4n) is 3.57. The summed E-state index contributed by atoms with van der Waals surface area (Å²) in [7, 11) is 0. The molecule has 27 heavy (non-hydrogen) atoms. The van der Waals surface area contributed by atoms with E-state index in [-0.39, 0.29) is 5.91 Å². The molecule has 0 bridgehead atoms. The van der Waals surface area contributed by atoms with Gasteiger partial charge < -0.3 is 9.88 Å². The molecule has 1 amide bonds. The minimum absolute atomic E-state index is 0.0268. The summed E-state index contributed by atoms with van der Waals surface area (Å²) < 4.78 is 2.12. The van der Waals surface area contributed by atoms with Gasteiger partial charge in [-0.25, -0.2) is 0 Å². The van der Waals surface area contributed by atoms with Crippen LogP contribution >= 0.6 is 11.8 Å². The van der Waals surface area contributed by atoms with E-state index in [9.17, 15) is 4.79 Å². The Hall–Kier alpha value is -2.08. The zero-order chi connectivity index (χ0) is 19.2. The van der Waals surface area contributed by atoms with E-state index in [1.807, 2.05) is 38.1 Å². The molecule has 144 valence electrons. The molecule has 0 unspecified atom stereocenters. The molecule has 1 N–H and O–H groups in total. The average Bonchev–Trinajstić information content (AvgIpc) is 3.07. The van der Waals surface area contributed by atoms with Crippen molar-refractivity contribution >= 4 is 23.4 Å². The van der Waals surface area contributed by atoms with E-state index in [0.717, 1.165) is 22.2 Å². The van der Waals surface area contributed by atoms with Crippen LogP contribution in [0.3, 0.4) is 0 Å². The topological polar surface area (TPSA) is 59.8 Å². The molecule has 1 aliphatic carbocycles. The van der Waals surface area contributed by atoms with Crippen LogP contribution < -0.4 is 5.32 Å². The molecule has 0 atom stereocenters. The number of nitrogens with one attached hydrogen (secondary N) is 1. The smallest absolute Gasteiger partial charge is 0.234 e. The standard InChI is InChI=1S/C21H28N4OS/c1-4-13-25-20(17-10-6-5-7-11-17)23-24-21(25)27-14-19(26)22-18-12-8-9-15(2)16(18)3/h4,8-9,12,17H,1,5-7,10-11,13-14H2,2-3H3,(H,22,26). The van der Waals surface area contributed by atoms with E-state index in [1.165, 1.54) is 49.4 Å². The first-order chi connectivity index (χ1) is 13.1. The van der Waals surface area contributed by atoms with Gasteiger partial charge in [0.15, 0.2) is 5.16 Å². The fraction of sp³-hybridized carbons (Fsp3) is 0.476. The number of aromatic nitrogens is 3. The number of carbonyl (C=O) groups is 1. The lowest BCUT2D eigenvalue weighted by Crippen LogP contribution is -2.16. The Kier molecular flexibility index (Phi) is 6.72. The lowest BCUT2D eigenvalue weighted by molar-refractivity contribution is -0.113. The zero-order valence-electron chi connectivity index (χ0n) is 16.2. The number of hydrogen-bond donors (Lipinski definition) is 1. The molecule has 0 saturated heterocycles. The molecule has 0 radical (unpaired) electrons. The number of allylic oxidation sites excluding steroid dienone is 1. The van der Waals surface area contributed by atoms with Crippen LogP contribution in [0.25, 0.3) is 0 Å². The summed E-state index contributed by atoms with van der Waals surface area (Å²) in [5, 5.41) is 12.6. The van der Waals surface area contributed by atoms with E-state index in [4.69, 9.17) is 0 Å². The third kappa shape index (κ3) is 4.80. The van der Waals surface area contributed by atoms with Crippen molar-refractivity contribution in [2.24, 2.45) is 0 Å². The van der Waals surface area contributed by atoms with E-state index in [2.05, 4.69) is 26.7 Å². The molecule has 2 aromatic rings. The predicted octanol–water partition coefficient (Wildman–Crippen LogP) is 4.86. The number of benzene rings is 1. The van der Waals surface area contributed by atoms with Crippen LogP contribution in [0.1, 0.15) is 55.0 Å². The number of aryl methyl sites for hydroxylation is 1. The molecule has 5 nitrogen and oxygen atoms in total. The van der Waals surface area contributed by atoms with Crippen molar-refractivity contribution in [3.05, 3.63) is 47.8 Å². The Bertz CT molecular complexity index is 809. The van der Waals surface area contributed by atoms with Gasteiger partial charge in [0, 0.05) is 18.2 Å². The molecule has 0 spiro atoms. The fourth-order valence-corrected chi connectivity index (χ4v) is 4.33. The van der Waals surface area contributed by atoms with Crippen molar-refractivity contribution in [1.82, 2.24) is 14.8 Å². The highest BCUT2D eigenvalue weighted by atomic mass is 32.2. The molecule has 1 aliphatic rings. The molecule has 3 rings (SSSR count). The third-order valence-electron chi connectivity index (χ3n) is 5.24. The molecule has 1 heterocycles. The summed E-state index contributed by atoms with van der Waals surface area (Å²) in [6, 6.07) is 5.94.